The Morgan fingerprint density at radius 1 is 1.19 bits per heavy atom. The van der Waals surface area contributed by atoms with Crippen molar-refractivity contribution < 1.29 is 9.53 Å². The molecular formula is C21H22N2O2S. The summed E-state index contributed by atoms with van der Waals surface area (Å²) < 4.78 is 5.79. The third-order valence-electron chi connectivity index (χ3n) is 4.68. The molecular weight excluding hydrogens is 344 g/mol. The molecule has 1 aliphatic rings. The van der Waals surface area contributed by atoms with Gasteiger partial charge in [-0.1, -0.05) is 17.7 Å². The number of carbonyl (C=O) groups is 1. The Hall–Kier alpha value is -2.24. The molecule has 134 valence electrons. The molecule has 0 aliphatic carbocycles. The number of ether oxygens (including phenoxy) is 1. The van der Waals surface area contributed by atoms with Gasteiger partial charge in [-0.25, -0.2) is 4.98 Å². The average molecular weight is 366 g/mol. The first-order chi connectivity index (χ1) is 12.5. The second-order valence-electron chi connectivity index (χ2n) is 7.02. The first-order valence-electron chi connectivity index (χ1n) is 8.91. The SMILES string of the molecule is Cc1ccc2nc(-c3cccs3)cc(C(=O)N3C[C@@H](C)O[C@@H](C)C3)c2c1. The number of fused-ring (bicyclic) bond motifs is 1. The van der Waals surface area contributed by atoms with Gasteiger partial charge < -0.3 is 9.64 Å². The fourth-order valence-corrected chi connectivity index (χ4v) is 4.27. The molecule has 4 nitrogen and oxygen atoms in total. The summed E-state index contributed by atoms with van der Waals surface area (Å²) in [6, 6.07) is 12.1. The van der Waals surface area contributed by atoms with Gasteiger partial charge in [-0.05, 0) is 50.4 Å². The predicted molar refractivity (Wildman–Crippen MR) is 106 cm³/mol. The number of rotatable bonds is 2. The van der Waals surface area contributed by atoms with Gasteiger partial charge in [0.25, 0.3) is 5.91 Å². The Labute approximate surface area is 157 Å². The van der Waals surface area contributed by atoms with E-state index in [1.54, 1.807) is 11.3 Å². The highest BCUT2D eigenvalue weighted by Crippen LogP contribution is 2.29. The molecule has 1 fully saturated rings. The monoisotopic (exact) mass is 366 g/mol. The van der Waals surface area contributed by atoms with Crippen LogP contribution < -0.4 is 0 Å². The van der Waals surface area contributed by atoms with Crippen molar-refractivity contribution in [3.8, 4) is 10.6 Å². The van der Waals surface area contributed by atoms with E-state index in [2.05, 4.69) is 6.07 Å². The molecule has 3 aromatic rings. The van der Waals surface area contributed by atoms with Crippen molar-refractivity contribution in [2.24, 2.45) is 0 Å². The van der Waals surface area contributed by atoms with E-state index >= 15 is 0 Å². The van der Waals surface area contributed by atoms with Crippen LogP contribution in [0.25, 0.3) is 21.5 Å². The lowest BCUT2D eigenvalue weighted by molar-refractivity contribution is -0.0585. The minimum atomic E-state index is 0.0503. The van der Waals surface area contributed by atoms with Crippen LogP contribution >= 0.6 is 11.3 Å². The quantitative estimate of drug-likeness (QED) is 0.670. The highest BCUT2D eigenvalue weighted by molar-refractivity contribution is 7.13. The molecule has 3 heterocycles. The van der Waals surface area contributed by atoms with Crippen LogP contribution in [0.2, 0.25) is 0 Å². The first-order valence-corrected chi connectivity index (χ1v) is 9.79. The van der Waals surface area contributed by atoms with Crippen molar-refractivity contribution in [3.63, 3.8) is 0 Å². The number of hydrogen-bond donors (Lipinski definition) is 0. The number of amides is 1. The normalized spacial score (nSPS) is 20.5. The van der Waals surface area contributed by atoms with Crippen LogP contribution in [-0.4, -0.2) is 41.1 Å². The van der Waals surface area contributed by atoms with Crippen LogP contribution in [0, 0.1) is 6.92 Å². The summed E-state index contributed by atoms with van der Waals surface area (Å²) in [4.78, 5) is 21.2. The van der Waals surface area contributed by atoms with Gasteiger partial charge in [-0.3, -0.25) is 4.79 Å². The van der Waals surface area contributed by atoms with E-state index in [1.165, 1.54) is 0 Å². The van der Waals surface area contributed by atoms with Crippen LogP contribution in [0.15, 0.2) is 41.8 Å². The van der Waals surface area contributed by atoms with Gasteiger partial charge in [-0.2, -0.15) is 0 Å². The Balaban J connectivity index is 1.84. The van der Waals surface area contributed by atoms with E-state index in [1.807, 2.05) is 61.4 Å². The topological polar surface area (TPSA) is 42.4 Å². The van der Waals surface area contributed by atoms with Gasteiger partial charge in [0, 0.05) is 18.5 Å². The minimum Gasteiger partial charge on any atom is -0.372 e. The molecule has 0 saturated carbocycles. The van der Waals surface area contributed by atoms with Crippen molar-refractivity contribution in [1.82, 2.24) is 9.88 Å². The molecule has 0 N–H and O–H groups in total. The van der Waals surface area contributed by atoms with Gasteiger partial charge in [0.1, 0.15) is 0 Å². The molecule has 0 radical (unpaired) electrons. The van der Waals surface area contributed by atoms with Gasteiger partial charge in [0.15, 0.2) is 0 Å². The summed E-state index contributed by atoms with van der Waals surface area (Å²) in [6.45, 7) is 7.31. The highest BCUT2D eigenvalue weighted by Gasteiger charge is 2.28. The summed E-state index contributed by atoms with van der Waals surface area (Å²) >= 11 is 1.64. The molecule has 1 amide bonds. The first kappa shape index (κ1) is 17.2. The van der Waals surface area contributed by atoms with Crippen molar-refractivity contribution >= 4 is 28.1 Å². The molecule has 0 spiro atoms. The molecule has 4 rings (SSSR count). The van der Waals surface area contributed by atoms with Crippen molar-refractivity contribution in [3.05, 3.63) is 52.9 Å². The number of aromatic nitrogens is 1. The Morgan fingerprint density at radius 2 is 1.96 bits per heavy atom. The van der Waals surface area contributed by atoms with Gasteiger partial charge in [0.2, 0.25) is 0 Å². The van der Waals surface area contributed by atoms with Crippen LogP contribution in [0.3, 0.4) is 0 Å². The maximum absolute atomic E-state index is 13.4. The largest absolute Gasteiger partial charge is 0.372 e. The lowest BCUT2D eigenvalue weighted by atomic mass is 10.0. The number of carbonyl (C=O) groups excluding carboxylic acids is 1. The van der Waals surface area contributed by atoms with E-state index < -0.39 is 0 Å². The second kappa shape index (κ2) is 6.82. The van der Waals surface area contributed by atoms with Crippen LogP contribution in [0.1, 0.15) is 29.8 Å². The van der Waals surface area contributed by atoms with E-state index in [-0.39, 0.29) is 18.1 Å². The smallest absolute Gasteiger partial charge is 0.254 e. The second-order valence-corrected chi connectivity index (χ2v) is 7.97. The number of benzene rings is 1. The van der Waals surface area contributed by atoms with Gasteiger partial charge >= 0.3 is 0 Å². The van der Waals surface area contributed by atoms with Crippen LogP contribution in [0.5, 0.6) is 0 Å². The number of aryl methyl sites for hydroxylation is 1. The molecule has 0 unspecified atom stereocenters. The average Bonchev–Trinajstić information content (AvgIpc) is 3.14. The zero-order valence-electron chi connectivity index (χ0n) is 15.2. The van der Waals surface area contributed by atoms with Crippen LogP contribution in [-0.2, 0) is 4.74 Å². The van der Waals surface area contributed by atoms with Crippen molar-refractivity contribution in [2.45, 2.75) is 33.0 Å². The summed E-state index contributed by atoms with van der Waals surface area (Å²) in [5, 5.41) is 2.95. The third-order valence-corrected chi connectivity index (χ3v) is 5.57. The van der Waals surface area contributed by atoms with Gasteiger partial charge in [-0.15, -0.1) is 11.3 Å². The summed E-state index contributed by atoms with van der Waals surface area (Å²) in [5.41, 5.74) is 3.57. The summed E-state index contributed by atoms with van der Waals surface area (Å²) in [6.07, 6.45) is 0.101. The molecule has 1 aromatic carbocycles. The predicted octanol–water partition coefficient (Wildman–Crippen LogP) is 4.52. The molecule has 0 bridgehead atoms. The van der Waals surface area contributed by atoms with Gasteiger partial charge in [0.05, 0.1) is 33.9 Å². The minimum absolute atomic E-state index is 0.0503. The number of morpholine rings is 1. The molecule has 1 saturated heterocycles. The molecule has 5 heteroatoms. The lowest BCUT2D eigenvalue weighted by Crippen LogP contribution is -2.48. The number of hydrogen-bond acceptors (Lipinski definition) is 4. The maximum Gasteiger partial charge on any atom is 0.254 e. The number of nitrogens with zero attached hydrogens (tertiary/aromatic N) is 2. The number of pyridine rings is 1. The zero-order chi connectivity index (χ0) is 18.3. The van der Waals surface area contributed by atoms with E-state index in [0.717, 1.165) is 32.6 Å². The van der Waals surface area contributed by atoms with E-state index in [0.29, 0.717) is 13.1 Å². The summed E-state index contributed by atoms with van der Waals surface area (Å²) in [5.74, 6) is 0.0582. The Bertz CT molecular complexity index is 942. The Kier molecular flexibility index (Phi) is 4.51. The summed E-state index contributed by atoms with van der Waals surface area (Å²) in [7, 11) is 0. The molecule has 26 heavy (non-hydrogen) atoms. The highest BCUT2D eigenvalue weighted by atomic mass is 32.1. The number of thiophene rings is 1. The lowest BCUT2D eigenvalue weighted by Gasteiger charge is -2.35. The van der Waals surface area contributed by atoms with E-state index in [4.69, 9.17) is 9.72 Å². The fraction of sp³-hybridized carbons (Fsp3) is 0.333. The third kappa shape index (κ3) is 3.24. The maximum atomic E-state index is 13.4. The van der Waals surface area contributed by atoms with Crippen molar-refractivity contribution in [2.75, 3.05) is 13.1 Å². The molecule has 2 aromatic heterocycles. The van der Waals surface area contributed by atoms with E-state index in [9.17, 15) is 4.79 Å². The standard InChI is InChI=1S/C21H22N2O2S/c1-13-6-7-18-16(9-13)17(10-19(22-18)20-5-4-8-26-20)21(24)23-11-14(2)25-15(3)12-23/h4-10,14-15H,11-12H2,1-3H3/t14-,15+. The molecule has 1 aliphatic heterocycles. The molecule has 2 atom stereocenters. The Morgan fingerprint density at radius 3 is 2.65 bits per heavy atom. The van der Waals surface area contributed by atoms with Crippen LogP contribution in [0.4, 0.5) is 0 Å². The fourth-order valence-electron chi connectivity index (χ4n) is 3.58. The van der Waals surface area contributed by atoms with Crippen molar-refractivity contribution in [1.29, 1.82) is 0 Å². The zero-order valence-corrected chi connectivity index (χ0v) is 16.0.